The van der Waals surface area contributed by atoms with Crippen molar-refractivity contribution in [3.05, 3.63) is 214 Å². The molecule has 0 spiro atoms. The number of ether oxygens (including phenoxy) is 2. The van der Waals surface area contributed by atoms with Gasteiger partial charge >= 0.3 is 0 Å². The Hall–Kier alpha value is -7.08. The first-order chi connectivity index (χ1) is 28.7. The molecule has 0 amide bonds. The molecule has 2 aliphatic carbocycles. The number of hydrogen-bond donors (Lipinski definition) is 0. The lowest BCUT2D eigenvalue weighted by atomic mass is 9.68. The lowest BCUT2D eigenvalue weighted by molar-refractivity contribution is 0.360. The van der Waals surface area contributed by atoms with Crippen molar-refractivity contribution in [2.45, 2.75) is 17.8 Å². The molecule has 0 radical (unpaired) electrons. The van der Waals surface area contributed by atoms with E-state index < -0.39 is 5.41 Å². The zero-order chi connectivity index (χ0) is 38.2. The van der Waals surface area contributed by atoms with Gasteiger partial charge in [-0.3, -0.25) is 0 Å². The van der Waals surface area contributed by atoms with E-state index in [0.717, 1.165) is 45.8 Å². The predicted molar refractivity (Wildman–Crippen MR) is 234 cm³/mol. The minimum Gasteiger partial charge on any atom is -0.449 e. The second kappa shape index (κ2) is 13.0. The number of aromatic nitrogens is 2. The third-order valence-corrected chi connectivity index (χ3v) is 13.1. The van der Waals surface area contributed by atoms with Gasteiger partial charge in [-0.15, -0.1) is 11.3 Å². The highest BCUT2D eigenvalue weighted by Gasteiger charge is 2.48. The van der Waals surface area contributed by atoms with Crippen LogP contribution in [0.15, 0.2) is 176 Å². The summed E-state index contributed by atoms with van der Waals surface area (Å²) in [6, 6.07) is 61.9. The van der Waals surface area contributed by atoms with Crippen LogP contribution in [0.2, 0.25) is 0 Å². The van der Waals surface area contributed by atoms with Crippen LogP contribution >= 0.6 is 11.3 Å². The van der Waals surface area contributed by atoms with E-state index in [1.54, 1.807) is 0 Å². The fraction of sp³-hybridized carbons (Fsp3) is 0.0566. The van der Waals surface area contributed by atoms with Crippen LogP contribution in [0.3, 0.4) is 0 Å². The maximum Gasteiger partial charge on any atom is 0.178 e. The lowest BCUT2D eigenvalue weighted by Gasteiger charge is -2.34. The molecule has 12 rings (SSSR count). The number of benzene rings is 7. The quantitative estimate of drug-likeness (QED) is 0.175. The molecular weight excluding hydrogens is 729 g/mol. The molecule has 3 heterocycles. The number of nitrogens with zero attached hydrogens (tertiary/aromatic N) is 2. The highest BCUT2D eigenvalue weighted by molar-refractivity contribution is 7.17. The monoisotopic (exact) mass is 762 g/mol. The third-order valence-electron chi connectivity index (χ3n) is 12.0. The van der Waals surface area contributed by atoms with E-state index in [2.05, 4.69) is 164 Å². The highest BCUT2D eigenvalue weighted by Crippen LogP contribution is 2.62. The molecule has 58 heavy (non-hydrogen) atoms. The van der Waals surface area contributed by atoms with Gasteiger partial charge in [-0.2, -0.15) is 0 Å². The van der Waals surface area contributed by atoms with E-state index in [1.165, 1.54) is 42.1 Å². The van der Waals surface area contributed by atoms with Crippen molar-refractivity contribution in [2.75, 3.05) is 0 Å². The normalized spacial score (nSPS) is 15.3. The van der Waals surface area contributed by atoms with E-state index in [0.29, 0.717) is 23.1 Å². The molecule has 0 saturated carbocycles. The molecule has 0 N–H and O–H groups in total. The van der Waals surface area contributed by atoms with Crippen LogP contribution in [0, 0.1) is 0 Å². The fourth-order valence-electron chi connectivity index (χ4n) is 9.36. The SMILES string of the molecule is C1=c2sc3ccccc3c2=CCC1c1cc(-c2ccc3c(c2)Oc2c(ccc4c2-c2ccccc2C4(c2ccccc2)c2ccccc2)O3)nc(-c2ccccc2)n1. The Bertz CT molecular complexity index is 3170. The lowest BCUT2D eigenvalue weighted by Crippen LogP contribution is -2.28. The summed E-state index contributed by atoms with van der Waals surface area (Å²) in [6.07, 6.45) is 5.65. The van der Waals surface area contributed by atoms with Crippen LogP contribution in [0.4, 0.5) is 0 Å². The summed E-state index contributed by atoms with van der Waals surface area (Å²) in [5.74, 6) is 3.57. The molecule has 0 bridgehead atoms. The van der Waals surface area contributed by atoms with Crippen molar-refractivity contribution in [2.24, 2.45) is 0 Å². The van der Waals surface area contributed by atoms with Gasteiger partial charge in [-0.25, -0.2) is 9.97 Å². The van der Waals surface area contributed by atoms with Crippen LogP contribution < -0.4 is 19.2 Å². The summed E-state index contributed by atoms with van der Waals surface area (Å²) in [5, 5.41) is 2.66. The molecule has 2 aromatic heterocycles. The Kier molecular flexibility index (Phi) is 7.41. The van der Waals surface area contributed by atoms with Crippen molar-refractivity contribution in [1.82, 2.24) is 9.97 Å². The Balaban J connectivity index is 0.992. The molecule has 4 nitrogen and oxygen atoms in total. The maximum atomic E-state index is 7.06. The average molecular weight is 763 g/mol. The van der Waals surface area contributed by atoms with E-state index in [9.17, 15) is 0 Å². The van der Waals surface area contributed by atoms with Crippen LogP contribution in [0.1, 0.15) is 40.3 Å². The van der Waals surface area contributed by atoms with Gasteiger partial charge < -0.3 is 9.47 Å². The minimum atomic E-state index is -0.537. The molecular formula is C53H34N2O2S. The van der Waals surface area contributed by atoms with Gasteiger partial charge in [0.05, 0.1) is 16.8 Å². The van der Waals surface area contributed by atoms with E-state index >= 15 is 0 Å². The summed E-state index contributed by atoms with van der Waals surface area (Å²) >= 11 is 1.85. The molecule has 7 aromatic carbocycles. The Morgan fingerprint density at radius 2 is 1.28 bits per heavy atom. The van der Waals surface area contributed by atoms with Crippen LogP contribution in [-0.4, -0.2) is 9.97 Å². The van der Waals surface area contributed by atoms with Crippen molar-refractivity contribution >= 4 is 33.6 Å². The van der Waals surface area contributed by atoms with Gasteiger partial charge in [0.25, 0.3) is 0 Å². The minimum absolute atomic E-state index is 0.117. The summed E-state index contributed by atoms with van der Waals surface area (Å²) in [4.78, 5) is 10.4. The van der Waals surface area contributed by atoms with E-state index in [4.69, 9.17) is 19.4 Å². The zero-order valence-corrected chi connectivity index (χ0v) is 32.1. The molecule has 5 heteroatoms. The molecule has 1 unspecified atom stereocenters. The second-order valence-electron chi connectivity index (χ2n) is 15.2. The number of thiophene rings is 1. The van der Waals surface area contributed by atoms with Crippen LogP contribution in [-0.2, 0) is 5.41 Å². The highest BCUT2D eigenvalue weighted by atomic mass is 32.1. The molecule has 3 aliphatic rings. The maximum absolute atomic E-state index is 7.06. The Labute approximate surface area is 339 Å². The molecule has 0 fully saturated rings. The van der Waals surface area contributed by atoms with Crippen molar-refractivity contribution in [1.29, 1.82) is 0 Å². The van der Waals surface area contributed by atoms with Crippen LogP contribution in [0.25, 0.3) is 56.0 Å². The van der Waals surface area contributed by atoms with Gasteiger partial charge in [0, 0.05) is 31.8 Å². The Morgan fingerprint density at radius 3 is 2.09 bits per heavy atom. The average Bonchev–Trinajstić information content (AvgIpc) is 3.82. The molecule has 9 aromatic rings. The van der Waals surface area contributed by atoms with Gasteiger partial charge in [0.2, 0.25) is 0 Å². The molecule has 1 atom stereocenters. The van der Waals surface area contributed by atoms with Gasteiger partial charge in [0.15, 0.2) is 28.8 Å². The number of hydrogen-bond acceptors (Lipinski definition) is 5. The summed E-state index contributed by atoms with van der Waals surface area (Å²) in [6.45, 7) is 0. The van der Waals surface area contributed by atoms with E-state index in [1.807, 2.05) is 35.6 Å². The number of rotatable bonds is 5. The second-order valence-corrected chi connectivity index (χ2v) is 16.2. The first-order valence-electron chi connectivity index (χ1n) is 19.7. The van der Waals surface area contributed by atoms with Gasteiger partial charge in [-0.05, 0) is 81.2 Å². The zero-order valence-electron chi connectivity index (χ0n) is 31.3. The number of fused-ring (bicyclic) bond motifs is 9. The molecule has 274 valence electrons. The van der Waals surface area contributed by atoms with E-state index in [-0.39, 0.29) is 5.92 Å². The van der Waals surface area contributed by atoms with Crippen molar-refractivity contribution < 1.29 is 9.47 Å². The standard InChI is InChI=1S/C53H34N2O2S/c1-4-14-33(15-5-1)52-54-43(32-44(55-52)35-24-26-39-38-20-11-13-23-48(38)58-49(39)31-35)34-25-28-45-47(30-34)57-51-46(56-45)29-27-42-50(51)40-21-10-12-22-41(40)53(42,36-16-6-2-7-17-36)37-18-8-3-9-19-37/h1-23,25-32,35H,24H2. The summed E-state index contributed by atoms with van der Waals surface area (Å²) < 4.78 is 16.4. The molecule has 0 saturated heterocycles. The summed E-state index contributed by atoms with van der Waals surface area (Å²) in [7, 11) is 0. The topological polar surface area (TPSA) is 44.2 Å². The van der Waals surface area contributed by atoms with Crippen molar-refractivity contribution in [3.63, 3.8) is 0 Å². The largest absolute Gasteiger partial charge is 0.449 e. The van der Waals surface area contributed by atoms with Gasteiger partial charge in [-0.1, -0.05) is 152 Å². The first-order valence-corrected chi connectivity index (χ1v) is 20.6. The van der Waals surface area contributed by atoms with Crippen LogP contribution in [0.5, 0.6) is 23.0 Å². The summed E-state index contributed by atoms with van der Waals surface area (Å²) in [5.41, 5.74) is 10.2. The van der Waals surface area contributed by atoms with Gasteiger partial charge in [0.1, 0.15) is 0 Å². The van der Waals surface area contributed by atoms with Crippen molar-refractivity contribution in [3.8, 4) is 56.8 Å². The fourth-order valence-corrected chi connectivity index (χ4v) is 10.6. The first kappa shape index (κ1) is 33.1. The smallest absolute Gasteiger partial charge is 0.178 e. The predicted octanol–water partition coefficient (Wildman–Crippen LogP) is 12.0. The molecule has 1 aliphatic heterocycles. The Morgan fingerprint density at radius 1 is 0.569 bits per heavy atom. The third kappa shape index (κ3) is 5.00.